The van der Waals surface area contributed by atoms with Crippen molar-refractivity contribution in [2.75, 3.05) is 0 Å². The summed E-state index contributed by atoms with van der Waals surface area (Å²) in [7, 11) is 0. The average Bonchev–Trinajstić information content (AvgIpc) is 2.35. The summed E-state index contributed by atoms with van der Waals surface area (Å²) in [5, 5.41) is 0. The maximum Gasteiger partial charge on any atom is 0.303 e. The minimum absolute atomic E-state index is 0.212. The van der Waals surface area contributed by atoms with E-state index < -0.39 is 23.1 Å². The fraction of sp³-hybridized carbons (Fsp3) is 0.353. The van der Waals surface area contributed by atoms with Gasteiger partial charge in [0.05, 0.1) is 0 Å². The number of carbonyl (C=O) groups excluding carboxylic acids is 3. The number of Topliss-reactive ketones (excluding diaryl/α,β-unsaturated/α-hetero) is 2. The van der Waals surface area contributed by atoms with Crippen LogP contribution in [0.3, 0.4) is 0 Å². The van der Waals surface area contributed by atoms with Gasteiger partial charge in [-0.05, 0) is 50.5 Å². The lowest BCUT2D eigenvalue weighted by molar-refractivity contribution is -0.150. The molecule has 0 amide bonds. The van der Waals surface area contributed by atoms with Gasteiger partial charge in [-0.15, -0.1) is 0 Å². The van der Waals surface area contributed by atoms with Gasteiger partial charge in [-0.3, -0.25) is 14.4 Å². The average molecular weight is 286 g/mol. The highest BCUT2D eigenvalue weighted by atomic mass is 16.6. The second-order valence-corrected chi connectivity index (χ2v) is 5.81. The Morgan fingerprint density at radius 1 is 1.05 bits per heavy atom. The lowest BCUT2D eigenvalue weighted by Gasteiger charge is -2.29. The van der Waals surface area contributed by atoms with Gasteiger partial charge in [-0.25, -0.2) is 0 Å². The molecule has 110 valence electrons. The quantitative estimate of drug-likeness (QED) is 0.619. The summed E-state index contributed by atoms with van der Waals surface area (Å²) in [5.41, 5.74) is 1.94. The van der Waals surface area contributed by atoms with E-state index in [0.717, 1.165) is 16.7 Å². The molecule has 0 N–H and O–H groups in total. The van der Waals surface area contributed by atoms with E-state index in [4.69, 9.17) is 4.74 Å². The van der Waals surface area contributed by atoms with Crippen molar-refractivity contribution in [3.8, 4) is 0 Å². The first kappa shape index (κ1) is 15.2. The predicted octanol–water partition coefficient (Wildman–Crippen LogP) is 2.79. The van der Waals surface area contributed by atoms with Gasteiger partial charge < -0.3 is 4.74 Å². The highest BCUT2D eigenvalue weighted by Crippen LogP contribution is 2.33. The molecule has 0 aromatic heterocycles. The van der Waals surface area contributed by atoms with Crippen LogP contribution in [0, 0.1) is 13.8 Å². The molecule has 0 aliphatic heterocycles. The Kier molecular flexibility index (Phi) is 3.58. The molecule has 0 radical (unpaired) electrons. The van der Waals surface area contributed by atoms with E-state index in [1.807, 2.05) is 19.1 Å². The van der Waals surface area contributed by atoms with Crippen molar-refractivity contribution in [2.24, 2.45) is 0 Å². The smallest absolute Gasteiger partial charge is 0.303 e. The molecule has 0 saturated carbocycles. The second-order valence-electron chi connectivity index (χ2n) is 5.81. The van der Waals surface area contributed by atoms with Crippen LogP contribution in [0.15, 0.2) is 17.7 Å². The molecule has 0 spiro atoms. The lowest BCUT2D eigenvalue weighted by atomic mass is 9.80. The first-order valence-electron chi connectivity index (χ1n) is 6.76. The molecule has 0 atom stereocenters. The number of hydrogen-bond acceptors (Lipinski definition) is 4. The number of aryl methyl sites for hydroxylation is 2. The Labute approximate surface area is 123 Å². The first-order chi connectivity index (χ1) is 9.65. The molecule has 0 saturated heterocycles. The van der Waals surface area contributed by atoms with Gasteiger partial charge in [0.1, 0.15) is 5.60 Å². The molecule has 2 rings (SSSR count). The number of carbonyl (C=O) groups is 3. The maximum absolute atomic E-state index is 12.4. The van der Waals surface area contributed by atoms with Gasteiger partial charge >= 0.3 is 5.97 Å². The summed E-state index contributed by atoms with van der Waals surface area (Å²) < 4.78 is 5.20. The molecule has 1 aromatic rings. The minimum Gasteiger partial charge on any atom is -0.455 e. The van der Waals surface area contributed by atoms with Crippen LogP contribution in [0.4, 0.5) is 0 Å². The van der Waals surface area contributed by atoms with Gasteiger partial charge in [0.25, 0.3) is 0 Å². The zero-order valence-electron chi connectivity index (χ0n) is 12.9. The van der Waals surface area contributed by atoms with Gasteiger partial charge in [-0.1, -0.05) is 12.1 Å². The molecule has 0 heterocycles. The van der Waals surface area contributed by atoms with E-state index in [2.05, 4.69) is 0 Å². The lowest BCUT2D eigenvalue weighted by Crippen LogP contribution is -2.38. The van der Waals surface area contributed by atoms with Gasteiger partial charge in [0.15, 0.2) is 0 Å². The second kappa shape index (κ2) is 4.95. The highest BCUT2D eigenvalue weighted by Gasteiger charge is 2.39. The third-order valence-electron chi connectivity index (χ3n) is 3.69. The molecule has 1 aliphatic rings. The van der Waals surface area contributed by atoms with Crippen molar-refractivity contribution in [1.82, 2.24) is 0 Å². The van der Waals surface area contributed by atoms with Crippen LogP contribution in [-0.4, -0.2) is 23.1 Å². The van der Waals surface area contributed by atoms with Crippen molar-refractivity contribution in [1.29, 1.82) is 0 Å². The number of rotatable bonds is 2. The van der Waals surface area contributed by atoms with Crippen molar-refractivity contribution in [2.45, 2.75) is 40.2 Å². The molecule has 0 bridgehead atoms. The maximum atomic E-state index is 12.4. The molecule has 4 heteroatoms. The molecule has 0 fully saturated rings. The van der Waals surface area contributed by atoms with Gasteiger partial charge in [0, 0.05) is 18.1 Å². The number of esters is 1. The largest absolute Gasteiger partial charge is 0.455 e. The molecule has 21 heavy (non-hydrogen) atoms. The topological polar surface area (TPSA) is 60.4 Å². The summed E-state index contributed by atoms with van der Waals surface area (Å²) in [6.07, 6.45) is 1.67. The Morgan fingerprint density at radius 3 is 2.19 bits per heavy atom. The van der Waals surface area contributed by atoms with E-state index in [1.54, 1.807) is 26.8 Å². The molecule has 4 nitrogen and oxygen atoms in total. The van der Waals surface area contributed by atoms with E-state index in [9.17, 15) is 14.4 Å². The Morgan fingerprint density at radius 2 is 1.62 bits per heavy atom. The zero-order chi connectivity index (χ0) is 15.9. The van der Waals surface area contributed by atoms with Crippen LogP contribution in [0.1, 0.15) is 47.8 Å². The number of ether oxygens (including phenoxy) is 1. The summed E-state index contributed by atoms with van der Waals surface area (Å²) in [5.74, 6) is -1.64. The SMILES string of the molecule is CC(=O)OC(C)(C)C1=Cc2c(C)ccc(C)c2C(=O)C1=O. The van der Waals surface area contributed by atoms with Gasteiger partial charge in [0.2, 0.25) is 11.6 Å². The van der Waals surface area contributed by atoms with Crippen LogP contribution < -0.4 is 0 Å². The Bertz CT molecular complexity index is 693. The fourth-order valence-corrected chi connectivity index (χ4v) is 2.63. The zero-order valence-corrected chi connectivity index (χ0v) is 12.9. The van der Waals surface area contributed by atoms with E-state index in [1.165, 1.54) is 6.92 Å². The Balaban J connectivity index is 2.67. The van der Waals surface area contributed by atoms with Crippen molar-refractivity contribution >= 4 is 23.6 Å². The first-order valence-corrected chi connectivity index (χ1v) is 6.76. The number of ketones is 2. The highest BCUT2D eigenvalue weighted by molar-refractivity contribution is 6.52. The number of benzene rings is 1. The third kappa shape index (κ3) is 2.53. The normalized spacial score (nSPS) is 14.6. The standard InChI is InChI=1S/C17H18O4/c1-9-6-7-10(2)14-12(9)8-13(15(19)16(14)20)17(4,5)21-11(3)18/h6-8H,1-5H3. The number of hydrogen-bond donors (Lipinski definition) is 0. The predicted molar refractivity (Wildman–Crippen MR) is 79.1 cm³/mol. The van der Waals surface area contributed by atoms with Crippen molar-refractivity contribution < 1.29 is 19.1 Å². The van der Waals surface area contributed by atoms with Crippen LogP contribution in [-0.2, 0) is 14.3 Å². The summed E-state index contributed by atoms with van der Waals surface area (Å²) >= 11 is 0. The monoisotopic (exact) mass is 286 g/mol. The Hall–Kier alpha value is -2.23. The van der Waals surface area contributed by atoms with Crippen LogP contribution >= 0.6 is 0 Å². The molecule has 0 unspecified atom stereocenters. The fourth-order valence-electron chi connectivity index (χ4n) is 2.63. The number of fused-ring (bicyclic) bond motifs is 1. The summed E-state index contributed by atoms with van der Waals surface area (Å²) in [6, 6.07) is 3.74. The molecular weight excluding hydrogens is 268 g/mol. The summed E-state index contributed by atoms with van der Waals surface area (Å²) in [4.78, 5) is 36.0. The molecule has 1 aromatic carbocycles. The minimum atomic E-state index is -1.13. The van der Waals surface area contributed by atoms with Crippen LogP contribution in [0.25, 0.3) is 6.08 Å². The molecular formula is C17H18O4. The van der Waals surface area contributed by atoms with Gasteiger partial charge in [-0.2, -0.15) is 0 Å². The van der Waals surface area contributed by atoms with Crippen molar-refractivity contribution in [3.63, 3.8) is 0 Å². The van der Waals surface area contributed by atoms with E-state index >= 15 is 0 Å². The van der Waals surface area contributed by atoms with Crippen LogP contribution in [0.5, 0.6) is 0 Å². The molecule has 1 aliphatic carbocycles. The van der Waals surface area contributed by atoms with Crippen LogP contribution in [0.2, 0.25) is 0 Å². The van der Waals surface area contributed by atoms with E-state index in [0.29, 0.717) is 5.56 Å². The van der Waals surface area contributed by atoms with E-state index in [-0.39, 0.29) is 5.57 Å². The van der Waals surface area contributed by atoms with Crippen molar-refractivity contribution in [3.05, 3.63) is 40.0 Å². The third-order valence-corrected chi connectivity index (χ3v) is 3.69. The summed E-state index contributed by atoms with van der Waals surface area (Å²) in [6.45, 7) is 8.19.